The van der Waals surface area contributed by atoms with Gasteiger partial charge in [0.25, 0.3) is 0 Å². The highest BCUT2D eigenvalue weighted by atomic mass is 32.2. The Labute approximate surface area is 93.9 Å². The molecule has 0 atom stereocenters. The number of amides is 1. The molecule has 1 aromatic rings. The minimum absolute atomic E-state index is 0.00495. The second-order valence-electron chi connectivity index (χ2n) is 3.19. The molecule has 0 saturated heterocycles. The van der Waals surface area contributed by atoms with Crippen molar-refractivity contribution in [3.8, 4) is 5.75 Å². The third-order valence-electron chi connectivity index (χ3n) is 1.90. The van der Waals surface area contributed by atoms with E-state index in [1.54, 1.807) is 30.0 Å². The summed E-state index contributed by atoms with van der Waals surface area (Å²) in [5.41, 5.74) is 0.830. The van der Waals surface area contributed by atoms with E-state index >= 15 is 0 Å². The maximum atomic E-state index is 11.4. The Kier molecular flexibility index (Phi) is 5.04. The maximum Gasteiger partial charge on any atom is 0.224 e. The number of carbonyl (C=O) groups excluding carboxylic acids is 1. The van der Waals surface area contributed by atoms with Crippen LogP contribution in [0.5, 0.6) is 5.75 Å². The smallest absolute Gasteiger partial charge is 0.224 e. The van der Waals surface area contributed by atoms with Crippen molar-refractivity contribution in [3.63, 3.8) is 0 Å². The molecule has 0 radical (unpaired) electrons. The van der Waals surface area contributed by atoms with Gasteiger partial charge in [-0.3, -0.25) is 4.79 Å². The third-order valence-corrected chi connectivity index (χ3v) is 2.52. The van der Waals surface area contributed by atoms with Gasteiger partial charge in [-0.25, -0.2) is 0 Å². The SMILES string of the molecule is CSCCNC(=O)Cc1cccc(O)c1. The zero-order chi connectivity index (χ0) is 11.1. The second kappa shape index (κ2) is 6.35. The van der Waals surface area contributed by atoms with Gasteiger partial charge in [0, 0.05) is 12.3 Å². The largest absolute Gasteiger partial charge is 0.508 e. The molecule has 0 aliphatic carbocycles. The number of carbonyl (C=O) groups is 1. The molecule has 0 aliphatic heterocycles. The predicted octanol–water partition coefficient (Wildman–Crippen LogP) is 1.41. The fourth-order valence-electron chi connectivity index (χ4n) is 1.21. The number of aromatic hydroxyl groups is 1. The highest BCUT2D eigenvalue weighted by Crippen LogP contribution is 2.11. The van der Waals surface area contributed by atoms with Crippen LogP contribution in [0.3, 0.4) is 0 Å². The zero-order valence-electron chi connectivity index (χ0n) is 8.69. The van der Waals surface area contributed by atoms with Crippen molar-refractivity contribution in [3.05, 3.63) is 29.8 Å². The van der Waals surface area contributed by atoms with E-state index in [2.05, 4.69) is 5.32 Å². The first-order valence-corrected chi connectivity index (χ1v) is 6.15. The lowest BCUT2D eigenvalue weighted by Crippen LogP contribution is -2.27. The van der Waals surface area contributed by atoms with Crippen LogP contribution in [0.2, 0.25) is 0 Å². The molecule has 1 amide bonds. The normalized spacial score (nSPS) is 9.93. The van der Waals surface area contributed by atoms with Crippen LogP contribution in [0, 0.1) is 0 Å². The number of hydrogen-bond acceptors (Lipinski definition) is 3. The van der Waals surface area contributed by atoms with Gasteiger partial charge in [-0.1, -0.05) is 12.1 Å². The first-order valence-electron chi connectivity index (χ1n) is 4.76. The number of hydrogen-bond donors (Lipinski definition) is 2. The molecule has 0 spiro atoms. The third kappa shape index (κ3) is 4.74. The maximum absolute atomic E-state index is 11.4. The quantitative estimate of drug-likeness (QED) is 0.745. The molecule has 0 heterocycles. The number of rotatable bonds is 5. The Morgan fingerprint density at radius 3 is 3.00 bits per heavy atom. The van der Waals surface area contributed by atoms with E-state index in [1.807, 2.05) is 12.3 Å². The number of benzene rings is 1. The van der Waals surface area contributed by atoms with E-state index in [-0.39, 0.29) is 11.7 Å². The van der Waals surface area contributed by atoms with Gasteiger partial charge in [0.05, 0.1) is 6.42 Å². The van der Waals surface area contributed by atoms with Gasteiger partial charge in [-0.05, 0) is 24.0 Å². The number of thioether (sulfide) groups is 1. The number of phenolic OH excluding ortho intramolecular Hbond substituents is 1. The van der Waals surface area contributed by atoms with E-state index in [9.17, 15) is 9.90 Å². The fourth-order valence-corrected chi connectivity index (χ4v) is 1.51. The van der Waals surface area contributed by atoms with Crippen LogP contribution in [-0.4, -0.2) is 29.6 Å². The Bertz CT molecular complexity index is 328. The number of nitrogens with one attached hydrogen (secondary N) is 1. The first-order chi connectivity index (χ1) is 7.22. The second-order valence-corrected chi connectivity index (χ2v) is 4.18. The molecule has 0 unspecified atom stereocenters. The molecule has 0 aromatic heterocycles. The van der Waals surface area contributed by atoms with Crippen LogP contribution in [0.4, 0.5) is 0 Å². The van der Waals surface area contributed by atoms with Crippen LogP contribution in [0.1, 0.15) is 5.56 Å². The van der Waals surface area contributed by atoms with E-state index < -0.39 is 0 Å². The molecule has 0 aliphatic rings. The van der Waals surface area contributed by atoms with Crippen LogP contribution < -0.4 is 5.32 Å². The topological polar surface area (TPSA) is 49.3 Å². The Hall–Kier alpha value is -1.16. The van der Waals surface area contributed by atoms with Crippen molar-refractivity contribution in [1.82, 2.24) is 5.32 Å². The van der Waals surface area contributed by atoms with Gasteiger partial charge < -0.3 is 10.4 Å². The Morgan fingerprint density at radius 1 is 1.53 bits per heavy atom. The van der Waals surface area contributed by atoms with E-state index in [1.165, 1.54) is 0 Å². The van der Waals surface area contributed by atoms with Crippen LogP contribution >= 0.6 is 11.8 Å². The first kappa shape index (κ1) is 11.9. The summed E-state index contributed by atoms with van der Waals surface area (Å²) in [6.45, 7) is 0.693. The lowest BCUT2D eigenvalue weighted by Gasteiger charge is -2.04. The van der Waals surface area contributed by atoms with Crippen molar-refractivity contribution in [2.24, 2.45) is 0 Å². The molecule has 0 fully saturated rings. The van der Waals surface area contributed by atoms with Crippen molar-refractivity contribution < 1.29 is 9.90 Å². The molecule has 82 valence electrons. The molecule has 0 saturated carbocycles. The summed E-state index contributed by atoms with van der Waals surface area (Å²) in [7, 11) is 0. The van der Waals surface area contributed by atoms with Crippen molar-refractivity contribution in [1.29, 1.82) is 0 Å². The molecular weight excluding hydrogens is 210 g/mol. The minimum Gasteiger partial charge on any atom is -0.508 e. The van der Waals surface area contributed by atoms with Gasteiger partial charge in [-0.15, -0.1) is 0 Å². The standard InChI is InChI=1S/C11H15NO2S/c1-15-6-5-12-11(14)8-9-3-2-4-10(13)7-9/h2-4,7,13H,5-6,8H2,1H3,(H,12,14). The minimum atomic E-state index is -0.00495. The molecule has 3 nitrogen and oxygen atoms in total. The van der Waals surface area contributed by atoms with Gasteiger partial charge >= 0.3 is 0 Å². The van der Waals surface area contributed by atoms with Gasteiger partial charge in [0.2, 0.25) is 5.91 Å². The predicted molar refractivity (Wildman–Crippen MR) is 63.2 cm³/mol. The summed E-state index contributed by atoms with van der Waals surface area (Å²) in [6, 6.07) is 6.76. The summed E-state index contributed by atoms with van der Waals surface area (Å²) in [5, 5.41) is 12.0. The molecule has 2 N–H and O–H groups in total. The van der Waals surface area contributed by atoms with Gasteiger partial charge in [0.15, 0.2) is 0 Å². The average molecular weight is 225 g/mol. The lowest BCUT2D eigenvalue weighted by molar-refractivity contribution is -0.120. The molecular formula is C11H15NO2S. The van der Waals surface area contributed by atoms with E-state index in [4.69, 9.17) is 0 Å². The summed E-state index contributed by atoms with van der Waals surface area (Å²) >= 11 is 1.70. The molecule has 4 heteroatoms. The monoisotopic (exact) mass is 225 g/mol. The van der Waals surface area contributed by atoms with Crippen LogP contribution in [0.15, 0.2) is 24.3 Å². The van der Waals surface area contributed by atoms with Gasteiger partial charge in [-0.2, -0.15) is 11.8 Å². The Balaban J connectivity index is 2.37. The summed E-state index contributed by atoms with van der Waals surface area (Å²) in [6.07, 6.45) is 2.32. The van der Waals surface area contributed by atoms with Crippen molar-refractivity contribution >= 4 is 17.7 Å². The fraction of sp³-hybridized carbons (Fsp3) is 0.364. The molecule has 15 heavy (non-hydrogen) atoms. The zero-order valence-corrected chi connectivity index (χ0v) is 9.51. The van der Waals surface area contributed by atoms with Crippen LogP contribution in [-0.2, 0) is 11.2 Å². The summed E-state index contributed by atoms with van der Waals surface area (Å²) < 4.78 is 0. The van der Waals surface area contributed by atoms with Crippen LogP contribution in [0.25, 0.3) is 0 Å². The van der Waals surface area contributed by atoms with E-state index in [0.29, 0.717) is 13.0 Å². The molecule has 0 bridgehead atoms. The highest BCUT2D eigenvalue weighted by Gasteiger charge is 2.02. The molecule has 1 rings (SSSR count). The van der Waals surface area contributed by atoms with E-state index in [0.717, 1.165) is 11.3 Å². The Morgan fingerprint density at radius 2 is 2.33 bits per heavy atom. The number of phenols is 1. The van der Waals surface area contributed by atoms with Gasteiger partial charge in [0.1, 0.15) is 5.75 Å². The van der Waals surface area contributed by atoms with Crippen molar-refractivity contribution in [2.75, 3.05) is 18.6 Å². The highest BCUT2D eigenvalue weighted by molar-refractivity contribution is 7.98. The lowest BCUT2D eigenvalue weighted by atomic mass is 10.1. The summed E-state index contributed by atoms with van der Waals surface area (Å²) in [4.78, 5) is 11.4. The molecule has 1 aromatic carbocycles. The van der Waals surface area contributed by atoms with Crippen molar-refractivity contribution in [2.45, 2.75) is 6.42 Å². The summed E-state index contributed by atoms with van der Waals surface area (Å²) in [5.74, 6) is 1.12. The average Bonchev–Trinajstić information content (AvgIpc) is 2.18.